The van der Waals surface area contributed by atoms with Crippen LogP contribution in [0.25, 0.3) is 0 Å². The topological polar surface area (TPSA) is 61.3 Å². The lowest BCUT2D eigenvalue weighted by Gasteiger charge is -2.07. The molecule has 0 aliphatic heterocycles. The maximum Gasteiger partial charge on any atom is 0.146 e. The first kappa shape index (κ1) is 9.73. The van der Waals surface area contributed by atoms with Crippen molar-refractivity contribution in [2.75, 3.05) is 0 Å². The Kier molecular flexibility index (Phi) is 2.99. The van der Waals surface area contributed by atoms with Crippen molar-refractivity contribution in [2.24, 2.45) is 5.73 Å². The zero-order valence-electron chi connectivity index (χ0n) is 8.22. The standard InChI is InChI=1S/C11H12N2O2/c12-7-10-11(4-1-5-13-10)15-8-9-3-2-6-14-9/h1-6H,7-8,12H2. The van der Waals surface area contributed by atoms with Crippen LogP contribution >= 0.6 is 0 Å². The Morgan fingerprint density at radius 2 is 2.27 bits per heavy atom. The van der Waals surface area contributed by atoms with Crippen molar-refractivity contribution in [3.63, 3.8) is 0 Å². The molecule has 0 saturated carbocycles. The molecule has 0 aliphatic rings. The number of hydrogen-bond donors (Lipinski definition) is 1. The normalized spacial score (nSPS) is 10.2. The lowest BCUT2D eigenvalue weighted by Crippen LogP contribution is -2.04. The second kappa shape index (κ2) is 4.61. The number of nitrogens with zero attached hydrogens (tertiary/aromatic N) is 1. The highest BCUT2D eigenvalue weighted by Crippen LogP contribution is 2.16. The van der Waals surface area contributed by atoms with Crippen LogP contribution in [-0.4, -0.2) is 4.98 Å². The Morgan fingerprint density at radius 1 is 1.33 bits per heavy atom. The molecule has 4 nitrogen and oxygen atoms in total. The molecule has 0 saturated heterocycles. The van der Waals surface area contributed by atoms with Crippen LogP contribution < -0.4 is 10.5 Å². The molecule has 4 heteroatoms. The summed E-state index contributed by atoms with van der Waals surface area (Å²) < 4.78 is 10.7. The Labute approximate surface area is 87.7 Å². The predicted octanol–water partition coefficient (Wildman–Crippen LogP) is 1.71. The number of pyridine rings is 1. The van der Waals surface area contributed by atoms with Gasteiger partial charge in [-0.3, -0.25) is 4.98 Å². The number of aromatic nitrogens is 1. The van der Waals surface area contributed by atoms with Gasteiger partial charge in [0.25, 0.3) is 0 Å². The summed E-state index contributed by atoms with van der Waals surface area (Å²) >= 11 is 0. The van der Waals surface area contributed by atoms with E-state index in [9.17, 15) is 0 Å². The van der Waals surface area contributed by atoms with Gasteiger partial charge >= 0.3 is 0 Å². The van der Waals surface area contributed by atoms with Crippen LogP contribution in [0, 0.1) is 0 Å². The fourth-order valence-electron chi connectivity index (χ4n) is 1.25. The Hall–Kier alpha value is -1.81. The van der Waals surface area contributed by atoms with E-state index in [1.54, 1.807) is 12.5 Å². The van der Waals surface area contributed by atoms with Crippen LogP contribution in [-0.2, 0) is 13.2 Å². The summed E-state index contributed by atoms with van der Waals surface area (Å²) in [6.45, 7) is 0.764. The highest BCUT2D eigenvalue weighted by atomic mass is 16.5. The van der Waals surface area contributed by atoms with Crippen molar-refractivity contribution in [2.45, 2.75) is 13.2 Å². The van der Waals surface area contributed by atoms with Gasteiger partial charge in [-0.25, -0.2) is 0 Å². The van der Waals surface area contributed by atoms with Gasteiger partial charge in [0.2, 0.25) is 0 Å². The van der Waals surface area contributed by atoms with Gasteiger partial charge in [0.1, 0.15) is 18.1 Å². The molecule has 2 aromatic rings. The molecule has 78 valence electrons. The quantitative estimate of drug-likeness (QED) is 0.823. The Bertz CT molecular complexity index is 412. The van der Waals surface area contributed by atoms with E-state index in [0.29, 0.717) is 18.9 Å². The second-order valence-corrected chi connectivity index (χ2v) is 3.02. The highest BCUT2D eigenvalue weighted by Gasteiger charge is 2.03. The third-order valence-electron chi connectivity index (χ3n) is 1.99. The average Bonchev–Trinajstić information content (AvgIpc) is 2.79. The zero-order chi connectivity index (χ0) is 10.5. The molecule has 0 unspecified atom stereocenters. The number of nitrogens with two attached hydrogens (primary N) is 1. The Balaban J connectivity index is 2.04. The summed E-state index contributed by atoms with van der Waals surface area (Å²) in [5, 5.41) is 0. The first-order chi connectivity index (χ1) is 7.40. The number of furan rings is 1. The van der Waals surface area contributed by atoms with Gasteiger partial charge in [-0.1, -0.05) is 0 Å². The first-order valence-electron chi connectivity index (χ1n) is 4.69. The van der Waals surface area contributed by atoms with Gasteiger partial charge < -0.3 is 14.9 Å². The van der Waals surface area contributed by atoms with Crippen LogP contribution in [0.2, 0.25) is 0 Å². The van der Waals surface area contributed by atoms with Crippen molar-refractivity contribution in [1.82, 2.24) is 4.98 Å². The molecule has 0 spiro atoms. The van der Waals surface area contributed by atoms with Gasteiger partial charge in [-0.2, -0.15) is 0 Å². The maximum atomic E-state index is 5.54. The first-order valence-corrected chi connectivity index (χ1v) is 4.69. The van der Waals surface area contributed by atoms with Crippen molar-refractivity contribution >= 4 is 0 Å². The number of ether oxygens (including phenoxy) is 1. The highest BCUT2D eigenvalue weighted by molar-refractivity contribution is 5.26. The number of hydrogen-bond acceptors (Lipinski definition) is 4. The molecule has 2 rings (SSSR count). The van der Waals surface area contributed by atoms with Crippen LogP contribution in [0.1, 0.15) is 11.5 Å². The van der Waals surface area contributed by atoms with Crippen molar-refractivity contribution in [3.8, 4) is 5.75 Å². The predicted molar refractivity (Wildman–Crippen MR) is 55.2 cm³/mol. The fourth-order valence-corrected chi connectivity index (χ4v) is 1.25. The summed E-state index contributed by atoms with van der Waals surface area (Å²) in [5.74, 6) is 1.48. The van der Waals surface area contributed by atoms with Crippen LogP contribution in [0.15, 0.2) is 41.1 Å². The average molecular weight is 204 g/mol. The molecule has 0 aliphatic carbocycles. The summed E-state index contributed by atoms with van der Waals surface area (Å²) in [6, 6.07) is 7.35. The van der Waals surface area contributed by atoms with E-state index in [0.717, 1.165) is 11.5 Å². The van der Waals surface area contributed by atoms with E-state index in [4.69, 9.17) is 14.9 Å². The molecule has 0 bridgehead atoms. The molecule has 2 heterocycles. The largest absolute Gasteiger partial charge is 0.484 e. The minimum Gasteiger partial charge on any atom is -0.484 e. The van der Waals surface area contributed by atoms with Gasteiger partial charge in [-0.05, 0) is 24.3 Å². The summed E-state index contributed by atoms with van der Waals surface area (Å²) in [5.41, 5.74) is 6.29. The third kappa shape index (κ3) is 2.35. The van der Waals surface area contributed by atoms with Crippen molar-refractivity contribution < 1.29 is 9.15 Å². The SMILES string of the molecule is NCc1ncccc1OCc1ccco1. The third-order valence-corrected chi connectivity index (χ3v) is 1.99. The summed E-state index contributed by atoms with van der Waals surface area (Å²) in [7, 11) is 0. The van der Waals surface area contributed by atoms with Gasteiger partial charge in [-0.15, -0.1) is 0 Å². The fraction of sp³-hybridized carbons (Fsp3) is 0.182. The molecule has 2 N–H and O–H groups in total. The van der Waals surface area contributed by atoms with E-state index in [2.05, 4.69) is 4.98 Å². The van der Waals surface area contributed by atoms with Gasteiger partial charge in [0.05, 0.1) is 12.0 Å². The van der Waals surface area contributed by atoms with Crippen LogP contribution in [0.4, 0.5) is 0 Å². The molecule has 0 radical (unpaired) electrons. The van der Waals surface area contributed by atoms with E-state index in [1.165, 1.54) is 0 Å². The molecule has 0 amide bonds. The van der Waals surface area contributed by atoms with Crippen LogP contribution in [0.3, 0.4) is 0 Å². The minimum absolute atomic E-state index is 0.369. The smallest absolute Gasteiger partial charge is 0.146 e. The van der Waals surface area contributed by atoms with E-state index < -0.39 is 0 Å². The lowest BCUT2D eigenvalue weighted by molar-refractivity contribution is 0.266. The lowest BCUT2D eigenvalue weighted by atomic mass is 10.3. The zero-order valence-corrected chi connectivity index (χ0v) is 8.22. The van der Waals surface area contributed by atoms with Crippen LogP contribution in [0.5, 0.6) is 5.75 Å². The Morgan fingerprint density at radius 3 is 3.00 bits per heavy atom. The molecule has 15 heavy (non-hydrogen) atoms. The molecule has 2 aromatic heterocycles. The summed E-state index contributed by atoms with van der Waals surface area (Å²) in [4.78, 5) is 4.12. The maximum absolute atomic E-state index is 5.54. The molecular weight excluding hydrogens is 192 g/mol. The molecule has 0 aromatic carbocycles. The summed E-state index contributed by atoms with van der Waals surface area (Å²) in [6.07, 6.45) is 3.31. The van der Waals surface area contributed by atoms with Gasteiger partial charge in [0.15, 0.2) is 0 Å². The second-order valence-electron chi connectivity index (χ2n) is 3.02. The van der Waals surface area contributed by atoms with Crippen molar-refractivity contribution in [3.05, 3.63) is 48.2 Å². The van der Waals surface area contributed by atoms with E-state index in [-0.39, 0.29) is 0 Å². The van der Waals surface area contributed by atoms with E-state index >= 15 is 0 Å². The van der Waals surface area contributed by atoms with E-state index in [1.807, 2.05) is 24.3 Å². The molecular formula is C11H12N2O2. The monoisotopic (exact) mass is 204 g/mol. The molecule has 0 fully saturated rings. The molecule has 0 atom stereocenters. The minimum atomic E-state index is 0.369. The van der Waals surface area contributed by atoms with Gasteiger partial charge in [0, 0.05) is 12.7 Å². The number of rotatable bonds is 4. The van der Waals surface area contributed by atoms with Crippen molar-refractivity contribution in [1.29, 1.82) is 0 Å².